The normalized spacial score (nSPS) is 10.7. The molecule has 0 aliphatic heterocycles. The van der Waals surface area contributed by atoms with Crippen molar-refractivity contribution in [1.82, 2.24) is 5.32 Å². The number of aryl methyl sites for hydroxylation is 1. The highest BCUT2D eigenvalue weighted by atomic mass is 16.3. The largest absolute Gasteiger partial charge is 0.506 e. The second kappa shape index (κ2) is 7.01. The van der Waals surface area contributed by atoms with Crippen LogP contribution in [0.2, 0.25) is 0 Å². The van der Waals surface area contributed by atoms with Crippen LogP contribution in [-0.2, 0) is 4.79 Å². The second-order valence-corrected chi connectivity index (χ2v) is 4.78. The summed E-state index contributed by atoms with van der Waals surface area (Å²) in [5.41, 5.74) is 1.49. The van der Waals surface area contributed by atoms with Crippen LogP contribution in [-0.4, -0.2) is 23.6 Å². The van der Waals surface area contributed by atoms with Gasteiger partial charge in [-0.1, -0.05) is 19.9 Å². The van der Waals surface area contributed by atoms with E-state index in [4.69, 9.17) is 0 Å². The summed E-state index contributed by atoms with van der Waals surface area (Å²) in [6.07, 6.45) is 1.24. The summed E-state index contributed by atoms with van der Waals surface area (Å²) in [5, 5.41) is 15.6. The topological polar surface area (TPSA) is 61.4 Å². The monoisotopic (exact) mass is 250 g/mol. The summed E-state index contributed by atoms with van der Waals surface area (Å²) in [4.78, 5) is 11.7. The molecule has 1 rings (SSSR count). The number of hydrogen-bond acceptors (Lipinski definition) is 3. The summed E-state index contributed by atoms with van der Waals surface area (Å²) in [5.74, 6) is 0.0377. The molecule has 100 valence electrons. The van der Waals surface area contributed by atoms with Gasteiger partial charge in [0, 0.05) is 12.5 Å². The van der Waals surface area contributed by atoms with Crippen molar-refractivity contribution in [2.24, 2.45) is 0 Å². The zero-order chi connectivity index (χ0) is 13.5. The van der Waals surface area contributed by atoms with Crippen molar-refractivity contribution in [3.05, 3.63) is 23.8 Å². The number of nitrogens with one attached hydrogen (secondary N) is 2. The van der Waals surface area contributed by atoms with Crippen molar-refractivity contribution in [2.75, 3.05) is 11.9 Å². The molecule has 0 spiro atoms. The molecule has 0 bridgehead atoms. The molecular formula is C14H22N2O2. The zero-order valence-corrected chi connectivity index (χ0v) is 11.3. The van der Waals surface area contributed by atoms with E-state index >= 15 is 0 Å². The Labute approximate surface area is 108 Å². The fraction of sp³-hybridized carbons (Fsp3) is 0.500. The van der Waals surface area contributed by atoms with Gasteiger partial charge in [0.15, 0.2) is 0 Å². The standard InChI is InChI=1S/C14H22N2O2/c1-10(2)15-8-4-5-14(18)16-12-9-11(3)6-7-13(12)17/h6-7,9-10,15,17H,4-5,8H2,1-3H3,(H,16,18). The van der Waals surface area contributed by atoms with E-state index in [0.29, 0.717) is 18.2 Å². The van der Waals surface area contributed by atoms with Crippen molar-refractivity contribution in [3.63, 3.8) is 0 Å². The molecule has 3 N–H and O–H groups in total. The number of carbonyl (C=O) groups is 1. The van der Waals surface area contributed by atoms with Crippen molar-refractivity contribution in [1.29, 1.82) is 0 Å². The molecule has 0 aliphatic rings. The summed E-state index contributed by atoms with van der Waals surface area (Å²) >= 11 is 0. The Bertz CT molecular complexity index is 403. The highest BCUT2D eigenvalue weighted by Crippen LogP contribution is 2.23. The van der Waals surface area contributed by atoms with Gasteiger partial charge in [0.1, 0.15) is 5.75 Å². The molecule has 0 aliphatic carbocycles. The highest BCUT2D eigenvalue weighted by molar-refractivity contribution is 5.92. The lowest BCUT2D eigenvalue weighted by molar-refractivity contribution is -0.116. The van der Waals surface area contributed by atoms with E-state index in [1.807, 2.05) is 6.92 Å². The van der Waals surface area contributed by atoms with Crippen molar-refractivity contribution >= 4 is 11.6 Å². The Morgan fingerprint density at radius 3 is 2.78 bits per heavy atom. The van der Waals surface area contributed by atoms with E-state index in [1.54, 1.807) is 18.2 Å². The number of phenols is 1. The molecule has 1 aromatic rings. The minimum atomic E-state index is -0.0681. The molecule has 0 aromatic heterocycles. The SMILES string of the molecule is Cc1ccc(O)c(NC(=O)CCCNC(C)C)c1. The average molecular weight is 250 g/mol. The molecule has 0 radical (unpaired) electrons. The summed E-state index contributed by atoms with van der Waals surface area (Å²) in [6.45, 7) is 6.89. The Morgan fingerprint density at radius 1 is 1.39 bits per heavy atom. The Morgan fingerprint density at radius 2 is 2.11 bits per heavy atom. The molecule has 0 fully saturated rings. The van der Waals surface area contributed by atoms with Crippen LogP contribution >= 0.6 is 0 Å². The molecule has 4 nitrogen and oxygen atoms in total. The molecule has 0 atom stereocenters. The van der Waals surface area contributed by atoms with Gasteiger partial charge in [0.05, 0.1) is 5.69 Å². The third kappa shape index (κ3) is 5.19. The van der Waals surface area contributed by atoms with Gasteiger partial charge in [-0.25, -0.2) is 0 Å². The lowest BCUT2D eigenvalue weighted by atomic mass is 10.2. The van der Waals surface area contributed by atoms with Crippen molar-refractivity contribution < 1.29 is 9.90 Å². The first-order valence-corrected chi connectivity index (χ1v) is 6.32. The molecular weight excluding hydrogens is 228 g/mol. The smallest absolute Gasteiger partial charge is 0.224 e. The van der Waals surface area contributed by atoms with Crippen LogP contribution in [0.4, 0.5) is 5.69 Å². The van der Waals surface area contributed by atoms with Gasteiger partial charge in [-0.15, -0.1) is 0 Å². The molecule has 18 heavy (non-hydrogen) atoms. The van der Waals surface area contributed by atoms with Gasteiger partial charge in [0.2, 0.25) is 5.91 Å². The molecule has 4 heteroatoms. The summed E-state index contributed by atoms with van der Waals surface area (Å²) in [7, 11) is 0. The minimum absolute atomic E-state index is 0.0681. The zero-order valence-electron chi connectivity index (χ0n) is 11.3. The van der Waals surface area contributed by atoms with Crippen LogP contribution in [0.15, 0.2) is 18.2 Å². The Kier molecular flexibility index (Phi) is 5.65. The molecule has 0 unspecified atom stereocenters. The van der Waals surface area contributed by atoms with Gasteiger partial charge in [-0.2, -0.15) is 0 Å². The predicted octanol–water partition coefficient (Wildman–Crippen LogP) is 2.42. The predicted molar refractivity (Wildman–Crippen MR) is 73.8 cm³/mol. The van der Waals surface area contributed by atoms with E-state index < -0.39 is 0 Å². The molecule has 1 amide bonds. The lowest BCUT2D eigenvalue weighted by Crippen LogP contribution is -2.24. The number of benzene rings is 1. The molecule has 0 heterocycles. The fourth-order valence-corrected chi connectivity index (χ4v) is 1.60. The van der Waals surface area contributed by atoms with E-state index in [0.717, 1.165) is 18.5 Å². The number of hydrogen-bond donors (Lipinski definition) is 3. The van der Waals surface area contributed by atoms with E-state index in [-0.39, 0.29) is 11.7 Å². The maximum absolute atomic E-state index is 11.7. The van der Waals surface area contributed by atoms with Crippen LogP contribution in [0.3, 0.4) is 0 Å². The van der Waals surface area contributed by atoms with Gasteiger partial charge < -0.3 is 15.7 Å². The number of rotatable bonds is 6. The van der Waals surface area contributed by atoms with Crippen LogP contribution in [0.25, 0.3) is 0 Å². The first kappa shape index (κ1) is 14.5. The van der Waals surface area contributed by atoms with Gasteiger partial charge >= 0.3 is 0 Å². The quantitative estimate of drug-likeness (QED) is 0.537. The highest BCUT2D eigenvalue weighted by Gasteiger charge is 2.06. The van der Waals surface area contributed by atoms with Crippen molar-refractivity contribution in [2.45, 2.75) is 39.7 Å². The third-order valence-electron chi connectivity index (χ3n) is 2.56. The van der Waals surface area contributed by atoms with E-state index in [1.165, 1.54) is 0 Å². The Balaban J connectivity index is 2.38. The summed E-state index contributed by atoms with van der Waals surface area (Å²) < 4.78 is 0. The van der Waals surface area contributed by atoms with Crippen LogP contribution in [0, 0.1) is 6.92 Å². The minimum Gasteiger partial charge on any atom is -0.506 e. The van der Waals surface area contributed by atoms with Crippen LogP contribution < -0.4 is 10.6 Å². The lowest BCUT2D eigenvalue weighted by Gasteiger charge is -2.09. The fourth-order valence-electron chi connectivity index (χ4n) is 1.60. The van der Waals surface area contributed by atoms with E-state index in [2.05, 4.69) is 24.5 Å². The number of aromatic hydroxyl groups is 1. The number of amides is 1. The first-order chi connectivity index (χ1) is 8.49. The Hall–Kier alpha value is -1.55. The summed E-state index contributed by atoms with van der Waals surface area (Å²) in [6, 6.07) is 5.59. The maximum atomic E-state index is 11.7. The maximum Gasteiger partial charge on any atom is 0.224 e. The van der Waals surface area contributed by atoms with Gasteiger partial charge in [-0.05, 0) is 37.6 Å². The first-order valence-electron chi connectivity index (χ1n) is 6.32. The number of phenolic OH excluding ortho intramolecular Hbond substituents is 1. The molecule has 1 aromatic carbocycles. The van der Waals surface area contributed by atoms with Gasteiger partial charge in [-0.3, -0.25) is 4.79 Å². The average Bonchev–Trinajstić information content (AvgIpc) is 2.29. The number of anilines is 1. The van der Waals surface area contributed by atoms with Crippen LogP contribution in [0.5, 0.6) is 5.75 Å². The molecule has 0 saturated carbocycles. The third-order valence-corrected chi connectivity index (χ3v) is 2.56. The number of carbonyl (C=O) groups excluding carboxylic acids is 1. The van der Waals surface area contributed by atoms with Crippen LogP contribution in [0.1, 0.15) is 32.3 Å². The van der Waals surface area contributed by atoms with Crippen molar-refractivity contribution in [3.8, 4) is 5.75 Å². The van der Waals surface area contributed by atoms with Gasteiger partial charge in [0.25, 0.3) is 0 Å². The van der Waals surface area contributed by atoms with E-state index in [9.17, 15) is 9.90 Å². The molecule has 0 saturated heterocycles. The second-order valence-electron chi connectivity index (χ2n) is 4.78.